The van der Waals surface area contributed by atoms with E-state index in [1.165, 1.54) is 55.6 Å². The first kappa shape index (κ1) is 16.3. The van der Waals surface area contributed by atoms with Gasteiger partial charge < -0.3 is 14.7 Å². The van der Waals surface area contributed by atoms with E-state index in [0.29, 0.717) is 0 Å². The molecule has 1 aromatic rings. The molecule has 16 heavy (non-hydrogen) atoms. The second-order valence-electron chi connectivity index (χ2n) is 3.60. The molecule has 0 saturated heterocycles. The van der Waals surface area contributed by atoms with Crippen molar-refractivity contribution in [3.63, 3.8) is 0 Å². The predicted molar refractivity (Wildman–Crippen MR) is 64.7 cm³/mol. The topological polar surface area (TPSA) is 77.8 Å². The Morgan fingerprint density at radius 3 is 2.00 bits per heavy atom. The molecule has 1 rings (SSSR count). The molecular weight excluding hydrogens is 238 g/mol. The minimum Gasteiger partial charge on any atom is -0.303 e. The summed E-state index contributed by atoms with van der Waals surface area (Å²) in [7, 11) is -4.64. The van der Waals surface area contributed by atoms with Crippen molar-refractivity contribution >= 4 is 38.6 Å². The normalized spacial score (nSPS) is 10.6. The molecule has 0 aliphatic heterocycles. The molecule has 0 amide bonds. The van der Waals surface area contributed by atoms with E-state index in [-0.39, 0.29) is 0 Å². The van der Waals surface area contributed by atoms with Crippen molar-refractivity contribution in [2.24, 2.45) is 0 Å². The summed E-state index contributed by atoms with van der Waals surface area (Å²) in [5.74, 6) is 0. The Morgan fingerprint density at radius 1 is 1.19 bits per heavy atom. The fraction of sp³-hybridized carbons (Fsp3) is 0.400. The minimum atomic E-state index is -4.64. The van der Waals surface area contributed by atoms with E-state index >= 15 is 0 Å². The van der Waals surface area contributed by atoms with Crippen LogP contribution in [0.4, 0.5) is 0 Å². The van der Waals surface area contributed by atoms with Crippen molar-refractivity contribution in [1.29, 1.82) is 0 Å². The van der Waals surface area contributed by atoms with Gasteiger partial charge in [-0.25, -0.2) is 4.57 Å². The van der Waals surface area contributed by atoms with Gasteiger partial charge in [0.2, 0.25) is 0 Å². The third-order valence-corrected chi connectivity index (χ3v) is 2.61. The second-order valence-corrected chi connectivity index (χ2v) is 5.78. The van der Waals surface area contributed by atoms with Crippen molar-refractivity contribution in [3.8, 4) is 0 Å². The average molecular weight is 254 g/mol. The zero-order valence-electron chi connectivity index (χ0n) is 9.63. The van der Waals surface area contributed by atoms with Crippen molar-refractivity contribution in [1.82, 2.24) is 0 Å². The van der Waals surface area contributed by atoms with Gasteiger partial charge in [0.25, 0.3) is 0 Å². The monoisotopic (exact) mass is 254 g/mol. The number of benzene rings is 1. The first-order chi connectivity index (χ1) is 7.33. The Morgan fingerprint density at radius 2 is 1.62 bits per heavy atom. The van der Waals surface area contributed by atoms with Crippen LogP contribution in [-0.4, -0.2) is 42.6 Å². The van der Waals surface area contributed by atoms with E-state index in [1.807, 2.05) is 0 Å². The van der Waals surface area contributed by atoms with Gasteiger partial charge in [0.15, 0.2) is 0 Å². The zero-order valence-corrected chi connectivity index (χ0v) is 12.5. The van der Waals surface area contributed by atoms with E-state index in [1.54, 1.807) is 0 Å². The number of rotatable bonds is 3. The van der Waals surface area contributed by atoms with Gasteiger partial charge in [0, 0.05) is 0 Å². The summed E-state index contributed by atoms with van der Waals surface area (Å²) >= 11 is 1.18. The smallest absolute Gasteiger partial charge is 0.303 e. The summed E-state index contributed by atoms with van der Waals surface area (Å²) in [6, 6.07) is 9.02. The molecule has 0 saturated carbocycles. The maximum atomic E-state index is 8.88. The Kier molecular flexibility index (Phi) is 8.60. The van der Waals surface area contributed by atoms with Gasteiger partial charge >= 0.3 is 94.6 Å². The average Bonchev–Trinajstić information content (AvgIpc) is 2.14. The van der Waals surface area contributed by atoms with E-state index in [9.17, 15) is 0 Å². The van der Waals surface area contributed by atoms with E-state index in [2.05, 4.69) is 31.2 Å². The molecule has 4 nitrogen and oxygen atoms in total. The number of aryl methyl sites for hydroxylation is 1. The maximum absolute atomic E-state index is 8.88. The van der Waals surface area contributed by atoms with E-state index < -0.39 is 7.82 Å². The van der Waals surface area contributed by atoms with Gasteiger partial charge in [-0.3, -0.25) is 0 Å². The van der Waals surface area contributed by atoms with Gasteiger partial charge in [-0.2, -0.15) is 0 Å². The largest absolute Gasteiger partial charge is 0.466 e. The van der Waals surface area contributed by atoms with Crippen LogP contribution in [0.2, 0.25) is 0 Å². The van der Waals surface area contributed by atoms with Crippen LogP contribution in [0, 0.1) is 0 Å². The first-order valence-corrected chi connectivity index (χ1v) is 7.73. The number of unbranched alkanes of at least 4 members (excludes halogenated alkanes) is 1. The second kappa shape index (κ2) is 8.43. The summed E-state index contributed by atoms with van der Waals surface area (Å²) in [5, 5.41) is 0. The molecule has 0 atom stereocenters. The fourth-order valence-corrected chi connectivity index (χ4v) is 1.47. The van der Waals surface area contributed by atoms with Crippen molar-refractivity contribution < 1.29 is 19.2 Å². The molecular formula is C10H16NaO4P. The fourth-order valence-electron chi connectivity index (χ4n) is 1.14. The molecule has 0 spiro atoms. The quantitative estimate of drug-likeness (QED) is 0.553. The molecule has 1 aromatic carbocycles. The third kappa shape index (κ3) is 12.4. The Labute approximate surface area is 113 Å². The van der Waals surface area contributed by atoms with Crippen LogP contribution < -0.4 is 2.81 Å². The van der Waals surface area contributed by atoms with Crippen molar-refractivity contribution in [3.05, 3.63) is 29.8 Å². The van der Waals surface area contributed by atoms with Crippen LogP contribution in [0.5, 0.6) is 0 Å². The molecule has 0 aliphatic carbocycles. The molecule has 0 fully saturated rings. The Bertz CT molecular complexity index is 325. The van der Waals surface area contributed by atoms with Crippen LogP contribution >= 0.6 is 7.82 Å². The molecule has 0 aromatic heterocycles. The summed E-state index contributed by atoms with van der Waals surface area (Å²) in [5.41, 5.74) is 1.49. The zero-order chi connectivity index (χ0) is 12.6. The SMILES string of the molecule is CCCCc1cc[c]([Na])cc1.O=P(O)(O)O. The summed E-state index contributed by atoms with van der Waals surface area (Å²) in [6.45, 7) is 2.24. The molecule has 6 heteroatoms. The predicted octanol–water partition coefficient (Wildman–Crippen LogP) is 0.894. The number of hydrogen-bond donors (Lipinski definition) is 3. The Hall–Kier alpha value is 0.330. The van der Waals surface area contributed by atoms with Crippen molar-refractivity contribution in [2.75, 3.05) is 0 Å². The van der Waals surface area contributed by atoms with E-state index in [4.69, 9.17) is 19.2 Å². The standard InChI is InChI=1S/C10H13.Na.H3O4P/c1-2-3-7-10-8-5-4-6-9-10;;1-5(2,3)4/h5-6,8-9H,2-3,7H2,1H3;;(H3,1,2,3,4). The molecule has 0 aliphatic rings. The number of phosphoric acid groups is 1. The van der Waals surface area contributed by atoms with Gasteiger partial charge in [-0.1, -0.05) is 0 Å². The van der Waals surface area contributed by atoms with Gasteiger partial charge in [-0.15, -0.1) is 0 Å². The summed E-state index contributed by atoms with van der Waals surface area (Å²) < 4.78 is 10.4. The molecule has 0 unspecified atom stereocenters. The molecule has 0 heterocycles. The van der Waals surface area contributed by atoms with Crippen LogP contribution in [0.15, 0.2) is 24.3 Å². The van der Waals surface area contributed by atoms with Crippen LogP contribution in [0.25, 0.3) is 0 Å². The molecule has 0 radical (unpaired) electrons. The summed E-state index contributed by atoms with van der Waals surface area (Å²) in [6.07, 6.45) is 3.86. The van der Waals surface area contributed by atoms with Gasteiger partial charge in [-0.05, 0) is 0 Å². The molecule has 86 valence electrons. The van der Waals surface area contributed by atoms with E-state index in [0.717, 1.165) is 0 Å². The third-order valence-electron chi connectivity index (χ3n) is 1.94. The molecule has 0 bridgehead atoms. The van der Waals surface area contributed by atoms with Crippen LogP contribution in [0.1, 0.15) is 25.3 Å². The Balaban J connectivity index is 0.000000385. The maximum Gasteiger partial charge on any atom is 0.466 e. The molecule has 3 N–H and O–H groups in total. The number of hydrogen-bond acceptors (Lipinski definition) is 1. The van der Waals surface area contributed by atoms with Crippen LogP contribution in [-0.2, 0) is 11.0 Å². The van der Waals surface area contributed by atoms with Crippen molar-refractivity contribution in [2.45, 2.75) is 26.2 Å². The summed E-state index contributed by atoms with van der Waals surface area (Å²) in [4.78, 5) is 21.6. The van der Waals surface area contributed by atoms with Gasteiger partial charge in [0.1, 0.15) is 0 Å². The first-order valence-electron chi connectivity index (χ1n) is 5.16. The minimum absolute atomic E-state index is 1.18. The van der Waals surface area contributed by atoms with Crippen LogP contribution in [0.3, 0.4) is 0 Å². The van der Waals surface area contributed by atoms with Gasteiger partial charge in [0.05, 0.1) is 0 Å².